The van der Waals surface area contributed by atoms with Crippen molar-refractivity contribution in [2.75, 3.05) is 17.6 Å². The van der Waals surface area contributed by atoms with Gasteiger partial charge in [0.1, 0.15) is 5.75 Å². The van der Waals surface area contributed by atoms with E-state index in [9.17, 15) is 8.78 Å². The lowest BCUT2D eigenvalue weighted by molar-refractivity contribution is -0.0505. The van der Waals surface area contributed by atoms with E-state index in [4.69, 9.17) is 0 Å². The van der Waals surface area contributed by atoms with E-state index in [-0.39, 0.29) is 11.7 Å². The van der Waals surface area contributed by atoms with Crippen LogP contribution in [0.25, 0.3) is 0 Å². The van der Waals surface area contributed by atoms with Crippen molar-refractivity contribution in [3.8, 4) is 5.75 Å². The van der Waals surface area contributed by atoms with E-state index >= 15 is 0 Å². The molecule has 0 amide bonds. The zero-order chi connectivity index (χ0) is 12.4. The minimum atomic E-state index is -2.78. The number of fused-ring (bicyclic) bond motifs is 1. The summed E-state index contributed by atoms with van der Waals surface area (Å²) in [6.07, 6.45) is 0. The summed E-state index contributed by atoms with van der Waals surface area (Å²) in [6, 6.07) is 3.64. The SMILES string of the molecule is CC(C)c1cc2c(cc1OC(F)F)NCCS2. The van der Waals surface area contributed by atoms with Crippen LogP contribution in [0.3, 0.4) is 0 Å². The van der Waals surface area contributed by atoms with Crippen LogP contribution < -0.4 is 10.1 Å². The van der Waals surface area contributed by atoms with Crippen molar-refractivity contribution in [1.29, 1.82) is 0 Å². The molecule has 0 unspecified atom stereocenters. The van der Waals surface area contributed by atoms with Crippen LogP contribution >= 0.6 is 11.8 Å². The predicted octanol–water partition coefficient (Wildman–Crippen LogP) is 3.93. The Morgan fingerprint density at radius 3 is 2.76 bits per heavy atom. The fourth-order valence-electron chi connectivity index (χ4n) is 1.83. The van der Waals surface area contributed by atoms with Gasteiger partial charge in [-0.3, -0.25) is 0 Å². The first-order valence-corrected chi connectivity index (χ1v) is 6.56. The number of halogens is 2. The summed E-state index contributed by atoms with van der Waals surface area (Å²) < 4.78 is 29.3. The molecule has 0 bridgehead atoms. The number of ether oxygens (including phenoxy) is 1. The number of anilines is 1. The number of thioether (sulfide) groups is 1. The van der Waals surface area contributed by atoms with Gasteiger partial charge in [0, 0.05) is 23.3 Å². The molecule has 1 heterocycles. The lowest BCUT2D eigenvalue weighted by atomic mass is 10.0. The van der Waals surface area contributed by atoms with Crippen LogP contribution in [0.4, 0.5) is 14.5 Å². The molecule has 0 aromatic heterocycles. The van der Waals surface area contributed by atoms with Crippen LogP contribution in [-0.4, -0.2) is 18.9 Å². The van der Waals surface area contributed by atoms with Crippen LogP contribution in [0.5, 0.6) is 5.75 Å². The lowest BCUT2D eigenvalue weighted by Crippen LogP contribution is -2.12. The first-order valence-electron chi connectivity index (χ1n) is 5.57. The molecule has 0 saturated heterocycles. The van der Waals surface area contributed by atoms with Crippen LogP contribution in [0.2, 0.25) is 0 Å². The molecule has 5 heteroatoms. The first-order chi connectivity index (χ1) is 8.08. The van der Waals surface area contributed by atoms with Gasteiger partial charge in [-0.1, -0.05) is 13.8 Å². The average Bonchev–Trinajstić information content (AvgIpc) is 2.27. The van der Waals surface area contributed by atoms with Gasteiger partial charge in [0.25, 0.3) is 0 Å². The highest BCUT2D eigenvalue weighted by atomic mass is 32.2. The van der Waals surface area contributed by atoms with Crippen molar-refractivity contribution in [2.45, 2.75) is 31.3 Å². The highest BCUT2D eigenvalue weighted by Gasteiger charge is 2.18. The Balaban J connectivity index is 2.40. The van der Waals surface area contributed by atoms with Gasteiger partial charge in [0.15, 0.2) is 0 Å². The minimum Gasteiger partial charge on any atom is -0.434 e. The van der Waals surface area contributed by atoms with Gasteiger partial charge in [-0.15, -0.1) is 11.8 Å². The third kappa shape index (κ3) is 2.83. The van der Waals surface area contributed by atoms with Crippen molar-refractivity contribution >= 4 is 17.4 Å². The molecule has 1 aliphatic heterocycles. The van der Waals surface area contributed by atoms with Gasteiger partial charge in [0.2, 0.25) is 0 Å². The molecule has 1 N–H and O–H groups in total. The molecule has 0 radical (unpaired) electrons. The Morgan fingerprint density at radius 1 is 1.35 bits per heavy atom. The number of hydrogen-bond acceptors (Lipinski definition) is 3. The summed E-state index contributed by atoms with van der Waals surface area (Å²) >= 11 is 1.74. The van der Waals surface area contributed by atoms with E-state index < -0.39 is 6.61 Å². The van der Waals surface area contributed by atoms with Crippen LogP contribution in [0.1, 0.15) is 25.3 Å². The number of benzene rings is 1. The summed E-state index contributed by atoms with van der Waals surface area (Å²) in [5.74, 6) is 1.44. The second kappa shape index (κ2) is 5.12. The predicted molar refractivity (Wildman–Crippen MR) is 66.4 cm³/mol. The molecule has 0 spiro atoms. The maximum absolute atomic E-state index is 12.3. The Morgan fingerprint density at radius 2 is 2.12 bits per heavy atom. The molecule has 94 valence electrons. The molecular weight excluding hydrogens is 244 g/mol. The van der Waals surface area contributed by atoms with Crippen molar-refractivity contribution in [1.82, 2.24) is 0 Å². The van der Waals surface area contributed by atoms with Gasteiger partial charge in [-0.05, 0) is 17.5 Å². The van der Waals surface area contributed by atoms with Gasteiger partial charge >= 0.3 is 6.61 Å². The van der Waals surface area contributed by atoms with Crippen molar-refractivity contribution in [3.63, 3.8) is 0 Å². The molecule has 0 fully saturated rings. The molecule has 2 nitrogen and oxygen atoms in total. The molecular formula is C12H15F2NOS. The summed E-state index contributed by atoms with van der Waals surface area (Å²) in [7, 11) is 0. The Kier molecular flexibility index (Phi) is 3.76. The fourth-order valence-corrected chi connectivity index (χ4v) is 2.75. The Bertz CT molecular complexity index is 410. The van der Waals surface area contributed by atoms with Gasteiger partial charge in [-0.25, -0.2) is 0 Å². The number of rotatable bonds is 3. The lowest BCUT2D eigenvalue weighted by Gasteiger charge is -2.22. The molecule has 0 saturated carbocycles. The fraction of sp³-hybridized carbons (Fsp3) is 0.500. The highest BCUT2D eigenvalue weighted by Crippen LogP contribution is 2.39. The zero-order valence-corrected chi connectivity index (χ0v) is 10.6. The van der Waals surface area contributed by atoms with Crippen molar-refractivity contribution < 1.29 is 13.5 Å². The highest BCUT2D eigenvalue weighted by molar-refractivity contribution is 7.99. The molecule has 1 aromatic carbocycles. The Labute approximate surface area is 104 Å². The average molecular weight is 259 g/mol. The third-order valence-corrected chi connectivity index (χ3v) is 3.68. The van der Waals surface area contributed by atoms with Crippen LogP contribution in [0, 0.1) is 0 Å². The normalized spacial score (nSPS) is 14.7. The van der Waals surface area contributed by atoms with Gasteiger partial charge in [-0.2, -0.15) is 8.78 Å². The van der Waals surface area contributed by atoms with Crippen molar-refractivity contribution in [3.05, 3.63) is 17.7 Å². The summed E-state index contributed by atoms with van der Waals surface area (Å²) in [4.78, 5) is 1.11. The molecule has 1 aromatic rings. The summed E-state index contributed by atoms with van der Waals surface area (Å²) in [6.45, 7) is 2.02. The van der Waals surface area contributed by atoms with E-state index in [1.807, 2.05) is 19.9 Å². The van der Waals surface area contributed by atoms with Crippen molar-refractivity contribution in [2.24, 2.45) is 0 Å². The summed E-state index contributed by atoms with van der Waals surface area (Å²) in [5, 5.41) is 3.20. The third-order valence-electron chi connectivity index (χ3n) is 2.63. The summed E-state index contributed by atoms with van der Waals surface area (Å²) in [5.41, 5.74) is 1.72. The molecule has 1 aliphatic rings. The second-order valence-corrected chi connectivity index (χ2v) is 5.33. The topological polar surface area (TPSA) is 21.3 Å². The van der Waals surface area contributed by atoms with E-state index in [1.54, 1.807) is 17.8 Å². The Hall–Kier alpha value is -0.970. The van der Waals surface area contributed by atoms with Crippen LogP contribution in [-0.2, 0) is 0 Å². The molecule has 2 rings (SSSR count). The maximum Gasteiger partial charge on any atom is 0.387 e. The second-order valence-electron chi connectivity index (χ2n) is 4.19. The number of alkyl halides is 2. The maximum atomic E-state index is 12.3. The van der Waals surface area contributed by atoms with E-state index in [0.29, 0.717) is 0 Å². The monoisotopic (exact) mass is 259 g/mol. The van der Waals surface area contributed by atoms with E-state index in [1.165, 1.54) is 0 Å². The number of hydrogen-bond donors (Lipinski definition) is 1. The first kappa shape index (κ1) is 12.5. The number of nitrogens with one attached hydrogen (secondary N) is 1. The molecule has 0 aliphatic carbocycles. The smallest absolute Gasteiger partial charge is 0.387 e. The quantitative estimate of drug-likeness (QED) is 0.888. The van der Waals surface area contributed by atoms with Gasteiger partial charge in [0.05, 0.1) is 5.69 Å². The molecule has 17 heavy (non-hydrogen) atoms. The largest absolute Gasteiger partial charge is 0.434 e. The van der Waals surface area contributed by atoms with E-state index in [0.717, 1.165) is 28.4 Å². The standard InChI is InChI=1S/C12H15F2NOS/c1-7(2)8-5-11-9(15-3-4-17-11)6-10(8)16-12(13)14/h5-7,12,15H,3-4H2,1-2H3. The minimum absolute atomic E-state index is 0.163. The van der Waals surface area contributed by atoms with E-state index in [2.05, 4.69) is 10.1 Å². The van der Waals surface area contributed by atoms with Crippen LogP contribution in [0.15, 0.2) is 17.0 Å². The molecule has 0 atom stereocenters. The van der Waals surface area contributed by atoms with Gasteiger partial charge < -0.3 is 10.1 Å². The zero-order valence-electron chi connectivity index (χ0n) is 9.80.